The van der Waals surface area contributed by atoms with E-state index >= 15 is 0 Å². The van der Waals surface area contributed by atoms with Crippen LogP contribution in [0.15, 0.2) is 18.2 Å². The summed E-state index contributed by atoms with van der Waals surface area (Å²) in [4.78, 5) is 23.7. The van der Waals surface area contributed by atoms with Crippen molar-refractivity contribution in [2.75, 3.05) is 11.9 Å². The molecule has 0 fully saturated rings. The van der Waals surface area contributed by atoms with Crippen molar-refractivity contribution in [3.63, 3.8) is 0 Å². The molecule has 0 saturated carbocycles. The number of anilines is 1. The Labute approximate surface area is 130 Å². The highest BCUT2D eigenvalue weighted by atomic mass is 16.5. The molecule has 0 spiro atoms. The van der Waals surface area contributed by atoms with Crippen LogP contribution < -0.4 is 21.1 Å². The highest BCUT2D eigenvalue weighted by molar-refractivity contribution is 5.97. The third kappa shape index (κ3) is 3.39. The summed E-state index contributed by atoms with van der Waals surface area (Å²) in [6, 6.07) is 5.36. The Balaban J connectivity index is 2.14. The maximum atomic E-state index is 11.9. The molecule has 1 aromatic rings. The molecular formula is C16H23N3O3. The number of carbonyl (C=O) groups excluding carboxylic acids is 2. The van der Waals surface area contributed by atoms with E-state index in [4.69, 9.17) is 10.5 Å². The van der Waals surface area contributed by atoms with Crippen molar-refractivity contribution in [3.05, 3.63) is 23.8 Å². The predicted molar refractivity (Wildman–Crippen MR) is 84.6 cm³/mol. The van der Waals surface area contributed by atoms with Crippen molar-refractivity contribution in [3.8, 4) is 5.75 Å². The van der Waals surface area contributed by atoms with E-state index in [9.17, 15) is 9.59 Å². The summed E-state index contributed by atoms with van der Waals surface area (Å²) in [6.07, 6.45) is 0.139. The molecule has 1 heterocycles. The summed E-state index contributed by atoms with van der Waals surface area (Å²) in [5.74, 6) is 0.214. The van der Waals surface area contributed by atoms with Crippen LogP contribution in [0, 0.1) is 5.92 Å². The minimum Gasteiger partial charge on any atom is -0.478 e. The molecule has 0 aliphatic carbocycles. The lowest BCUT2D eigenvalue weighted by Gasteiger charge is -2.26. The number of amides is 2. The first kappa shape index (κ1) is 16.3. The molecule has 6 heteroatoms. The van der Waals surface area contributed by atoms with Crippen molar-refractivity contribution in [1.29, 1.82) is 0 Å². The fraction of sp³-hybridized carbons (Fsp3) is 0.500. The summed E-state index contributed by atoms with van der Waals surface area (Å²) < 4.78 is 5.71. The Bertz CT molecular complexity index is 574. The molecule has 1 aliphatic heterocycles. The van der Waals surface area contributed by atoms with Crippen LogP contribution in [-0.2, 0) is 9.59 Å². The summed E-state index contributed by atoms with van der Waals surface area (Å²) in [6.45, 7) is 5.91. The Hall–Kier alpha value is -2.08. The second kappa shape index (κ2) is 6.79. The van der Waals surface area contributed by atoms with Gasteiger partial charge in [-0.1, -0.05) is 19.9 Å². The van der Waals surface area contributed by atoms with Crippen LogP contribution in [0.5, 0.6) is 5.75 Å². The Morgan fingerprint density at radius 2 is 2.18 bits per heavy atom. The van der Waals surface area contributed by atoms with Gasteiger partial charge < -0.3 is 21.1 Å². The first-order chi connectivity index (χ1) is 10.5. The maximum Gasteiger partial charge on any atom is 0.265 e. The number of benzene rings is 1. The summed E-state index contributed by atoms with van der Waals surface area (Å²) >= 11 is 0. The molecule has 0 bridgehead atoms. The lowest BCUT2D eigenvalue weighted by Crippen LogP contribution is -2.37. The molecule has 120 valence electrons. The smallest absolute Gasteiger partial charge is 0.265 e. The molecule has 3 unspecified atom stereocenters. The topological polar surface area (TPSA) is 93.4 Å². The monoisotopic (exact) mass is 305 g/mol. The van der Waals surface area contributed by atoms with Gasteiger partial charge in [0.15, 0.2) is 6.10 Å². The van der Waals surface area contributed by atoms with Crippen LogP contribution in [0.25, 0.3) is 0 Å². The van der Waals surface area contributed by atoms with Crippen molar-refractivity contribution in [2.24, 2.45) is 11.7 Å². The van der Waals surface area contributed by atoms with Gasteiger partial charge in [0.05, 0.1) is 11.7 Å². The summed E-state index contributed by atoms with van der Waals surface area (Å²) in [5.41, 5.74) is 7.08. The van der Waals surface area contributed by atoms with E-state index in [1.807, 2.05) is 26.0 Å². The summed E-state index contributed by atoms with van der Waals surface area (Å²) in [7, 11) is 0. The van der Waals surface area contributed by atoms with Crippen LogP contribution in [0.3, 0.4) is 0 Å². The largest absolute Gasteiger partial charge is 0.478 e. The highest BCUT2D eigenvalue weighted by Gasteiger charge is 2.26. The first-order valence-corrected chi connectivity index (χ1v) is 7.58. The Kier molecular flexibility index (Phi) is 5.03. The zero-order valence-corrected chi connectivity index (χ0v) is 13.2. The average molecular weight is 305 g/mol. The maximum absolute atomic E-state index is 11.9. The van der Waals surface area contributed by atoms with Gasteiger partial charge in [0.1, 0.15) is 5.75 Å². The van der Waals surface area contributed by atoms with Crippen molar-refractivity contribution < 1.29 is 14.3 Å². The molecule has 1 aliphatic rings. The number of nitrogens with two attached hydrogens (primary N) is 1. The zero-order valence-electron chi connectivity index (χ0n) is 13.2. The van der Waals surface area contributed by atoms with Gasteiger partial charge in [-0.25, -0.2) is 0 Å². The quantitative estimate of drug-likeness (QED) is 0.769. The molecule has 4 N–H and O–H groups in total. The molecule has 0 aromatic heterocycles. The summed E-state index contributed by atoms with van der Waals surface area (Å²) in [5, 5.41) is 5.75. The molecule has 1 aromatic carbocycles. The lowest BCUT2D eigenvalue weighted by molar-refractivity contribution is -0.125. The predicted octanol–water partition coefficient (Wildman–Crippen LogP) is 1.57. The van der Waals surface area contributed by atoms with Gasteiger partial charge in [-0.15, -0.1) is 0 Å². The number of nitrogens with one attached hydrogen (secondary N) is 2. The fourth-order valence-corrected chi connectivity index (χ4v) is 2.24. The minimum atomic E-state index is -0.468. The number of rotatable bonds is 5. The Morgan fingerprint density at radius 1 is 1.45 bits per heavy atom. The van der Waals surface area contributed by atoms with Crippen molar-refractivity contribution in [2.45, 2.75) is 39.3 Å². The van der Waals surface area contributed by atoms with Crippen LogP contribution in [0.2, 0.25) is 0 Å². The zero-order chi connectivity index (χ0) is 16.3. The molecule has 6 nitrogen and oxygen atoms in total. The average Bonchev–Trinajstić information content (AvgIpc) is 2.52. The van der Waals surface area contributed by atoms with Crippen molar-refractivity contribution >= 4 is 17.5 Å². The first-order valence-electron chi connectivity index (χ1n) is 7.58. The molecular weight excluding hydrogens is 282 g/mol. The van der Waals surface area contributed by atoms with Gasteiger partial charge in [-0.2, -0.15) is 0 Å². The Morgan fingerprint density at radius 3 is 2.82 bits per heavy atom. The third-order valence-corrected chi connectivity index (χ3v) is 3.86. The molecule has 2 amide bonds. The van der Waals surface area contributed by atoms with E-state index in [-0.39, 0.29) is 23.8 Å². The molecule has 2 rings (SSSR count). The van der Waals surface area contributed by atoms with Gasteiger partial charge in [0.25, 0.3) is 5.91 Å². The van der Waals surface area contributed by atoms with E-state index in [0.29, 0.717) is 24.4 Å². The van der Waals surface area contributed by atoms with Gasteiger partial charge in [0.2, 0.25) is 5.91 Å². The molecule has 0 radical (unpaired) electrons. The standard InChI is InChI=1S/C16H23N3O3/c1-4-13-16(21)19-12-6-5-11(7-14(12)22-13)10(3)18-15(20)9(2)8-17/h5-7,9-10,13H,4,8,17H2,1-3H3,(H,18,20)(H,19,21). The van der Waals surface area contributed by atoms with Gasteiger partial charge in [0, 0.05) is 12.5 Å². The minimum absolute atomic E-state index is 0.0756. The van der Waals surface area contributed by atoms with Gasteiger partial charge >= 0.3 is 0 Å². The second-order valence-corrected chi connectivity index (χ2v) is 5.63. The highest BCUT2D eigenvalue weighted by Crippen LogP contribution is 2.33. The number of hydrogen-bond donors (Lipinski definition) is 3. The van der Waals surface area contributed by atoms with Crippen LogP contribution in [-0.4, -0.2) is 24.5 Å². The fourth-order valence-electron chi connectivity index (χ4n) is 2.24. The van der Waals surface area contributed by atoms with Gasteiger partial charge in [-0.3, -0.25) is 9.59 Å². The normalized spacial score (nSPS) is 19.5. The van der Waals surface area contributed by atoms with Crippen LogP contribution >= 0.6 is 0 Å². The van der Waals surface area contributed by atoms with Crippen LogP contribution in [0.1, 0.15) is 38.8 Å². The molecule has 3 atom stereocenters. The van der Waals surface area contributed by atoms with Crippen LogP contribution in [0.4, 0.5) is 5.69 Å². The van der Waals surface area contributed by atoms with E-state index in [2.05, 4.69) is 10.6 Å². The molecule has 0 saturated heterocycles. The lowest BCUT2D eigenvalue weighted by atomic mass is 10.0. The number of hydrogen-bond acceptors (Lipinski definition) is 4. The number of fused-ring (bicyclic) bond motifs is 1. The van der Waals surface area contributed by atoms with Crippen molar-refractivity contribution in [1.82, 2.24) is 5.32 Å². The SMILES string of the molecule is CCC1Oc2cc(C(C)NC(=O)C(C)CN)ccc2NC1=O. The van der Waals surface area contributed by atoms with E-state index < -0.39 is 6.10 Å². The number of carbonyl (C=O) groups is 2. The third-order valence-electron chi connectivity index (χ3n) is 3.86. The molecule has 22 heavy (non-hydrogen) atoms. The van der Waals surface area contributed by atoms with E-state index in [1.165, 1.54) is 0 Å². The van der Waals surface area contributed by atoms with Gasteiger partial charge in [-0.05, 0) is 31.0 Å². The van der Waals surface area contributed by atoms with E-state index in [0.717, 1.165) is 5.56 Å². The second-order valence-electron chi connectivity index (χ2n) is 5.63. The number of ether oxygens (including phenoxy) is 1. The van der Waals surface area contributed by atoms with E-state index in [1.54, 1.807) is 13.0 Å².